The number of benzene rings is 1. The van der Waals surface area contributed by atoms with Crippen molar-refractivity contribution in [1.82, 2.24) is 0 Å². The molecule has 6 atom stereocenters. The maximum atomic E-state index is 12.6. The quantitative estimate of drug-likeness (QED) is 0.318. The van der Waals surface area contributed by atoms with Crippen molar-refractivity contribution in [1.29, 1.82) is 0 Å². The summed E-state index contributed by atoms with van der Waals surface area (Å²) in [6, 6.07) is 7.30. The number of nitrogen functional groups attached to an aromatic ring is 1. The number of methoxy groups -OCH3 is 1. The molecule has 2 N–H and O–H groups in total. The Bertz CT molecular complexity index is 811. The highest BCUT2D eigenvalue weighted by Crippen LogP contribution is 2.59. The maximum Gasteiger partial charge on any atom is 0.310 e. The van der Waals surface area contributed by atoms with E-state index in [0.717, 1.165) is 31.4 Å². The Hall–Kier alpha value is -1.89. The first kappa shape index (κ1) is 21.3. The van der Waals surface area contributed by atoms with E-state index in [2.05, 4.69) is 26.8 Å². The van der Waals surface area contributed by atoms with Crippen LogP contribution in [0.15, 0.2) is 35.9 Å². The summed E-state index contributed by atoms with van der Waals surface area (Å²) in [6.07, 6.45) is 4.48. The third-order valence-electron chi connectivity index (χ3n) is 6.85. The molecule has 4 rings (SSSR count). The molecule has 1 aliphatic carbocycles. The first-order valence-corrected chi connectivity index (χ1v) is 10.8. The standard InChI is InChI=1S/C24H33NO5/c1-15(2)5-10-19-23(3,30-19)22-21(27-4)18(11-12-24(22)14-28-24)29-20(26)13-16-6-8-17(25)9-7-16/h5-9,18-19,21-22H,10-14,25H2,1-4H3/t18?,19-,21?,22?,23?,24+/m1/s1. The first-order chi connectivity index (χ1) is 14.3. The van der Waals surface area contributed by atoms with Crippen molar-refractivity contribution in [3.63, 3.8) is 0 Å². The van der Waals surface area contributed by atoms with E-state index in [-0.39, 0.29) is 47.8 Å². The van der Waals surface area contributed by atoms with Gasteiger partial charge in [-0.2, -0.15) is 0 Å². The van der Waals surface area contributed by atoms with Gasteiger partial charge in [0.1, 0.15) is 23.4 Å². The topological polar surface area (TPSA) is 86.6 Å². The van der Waals surface area contributed by atoms with Gasteiger partial charge < -0.3 is 24.7 Å². The number of carbonyl (C=O) groups excluding carboxylic acids is 1. The highest BCUT2D eigenvalue weighted by Gasteiger charge is 2.72. The smallest absolute Gasteiger partial charge is 0.310 e. The van der Waals surface area contributed by atoms with Gasteiger partial charge in [-0.25, -0.2) is 0 Å². The fourth-order valence-electron chi connectivity index (χ4n) is 5.08. The lowest BCUT2D eigenvalue weighted by Crippen LogP contribution is -2.55. The van der Waals surface area contributed by atoms with Gasteiger partial charge in [-0.3, -0.25) is 4.79 Å². The summed E-state index contributed by atoms with van der Waals surface area (Å²) in [5, 5.41) is 0. The zero-order chi connectivity index (χ0) is 21.5. The number of allylic oxidation sites excluding steroid dienone is 1. The highest BCUT2D eigenvalue weighted by atomic mass is 16.6. The van der Waals surface area contributed by atoms with Crippen LogP contribution < -0.4 is 5.73 Å². The first-order valence-electron chi connectivity index (χ1n) is 10.8. The predicted molar refractivity (Wildman–Crippen MR) is 114 cm³/mol. The Morgan fingerprint density at radius 2 is 2.00 bits per heavy atom. The van der Waals surface area contributed by atoms with Gasteiger partial charge in [0.2, 0.25) is 0 Å². The Kier molecular flexibility index (Phi) is 5.68. The second-order valence-corrected chi connectivity index (χ2v) is 9.32. The minimum atomic E-state index is -0.328. The zero-order valence-electron chi connectivity index (χ0n) is 18.4. The zero-order valence-corrected chi connectivity index (χ0v) is 18.4. The van der Waals surface area contributed by atoms with Crippen LogP contribution in [0.1, 0.15) is 45.6 Å². The molecule has 1 saturated carbocycles. The molecule has 3 aliphatic rings. The van der Waals surface area contributed by atoms with Crippen LogP contribution in [0.25, 0.3) is 0 Å². The second-order valence-electron chi connectivity index (χ2n) is 9.32. The van der Waals surface area contributed by atoms with Gasteiger partial charge in [0, 0.05) is 12.8 Å². The van der Waals surface area contributed by atoms with Gasteiger partial charge >= 0.3 is 5.97 Å². The van der Waals surface area contributed by atoms with Crippen LogP contribution in [0.5, 0.6) is 0 Å². The molecule has 6 nitrogen and oxygen atoms in total. The molecule has 0 radical (unpaired) electrons. The van der Waals surface area contributed by atoms with E-state index < -0.39 is 0 Å². The van der Waals surface area contributed by atoms with Gasteiger partial charge in [0.25, 0.3) is 0 Å². The number of hydrogen-bond acceptors (Lipinski definition) is 6. The van der Waals surface area contributed by atoms with E-state index in [1.807, 2.05) is 12.1 Å². The molecule has 30 heavy (non-hydrogen) atoms. The molecule has 4 unspecified atom stereocenters. The molecule has 164 valence electrons. The third-order valence-corrected chi connectivity index (χ3v) is 6.85. The Labute approximate surface area is 178 Å². The molecule has 1 spiro atoms. The fourth-order valence-corrected chi connectivity index (χ4v) is 5.08. The molecule has 2 heterocycles. The predicted octanol–water partition coefficient (Wildman–Crippen LogP) is 3.43. The Morgan fingerprint density at radius 3 is 2.60 bits per heavy atom. The van der Waals surface area contributed by atoms with Gasteiger partial charge in [0.15, 0.2) is 0 Å². The molecular formula is C24H33NO5. The minimum Gasteiger partial charge on any atom is -0.459 e. The van der Waals surface area contributed by atoms with Crippen LogP contribution in [0.4, 0.5) is 5.69 Å². The van der Waals surface area contributed by atoms with Crippen molar-refractivity contribution in [2.45, 2.75) is 76.0 Å². The normalized spacial score (nSPS) is 36.9. The number of carbonyl (C=O) groups is 1. The summed E-state index contributed by atoms with van der Waals surface area (Å²) in [7, 11) is 1.69. The van der Waals surface area contributed by atoms with Gasteiger partial charge in [0.05, 0.1) is 25.0 Å². The van der Waals surface area contributed by atoms with E-state index in [1.165, 1.54) is 5.57 Å². The highest BCUT2D eigenvalue weighted by molar-refractivity contribution is 5.73. The van der Waals surface area contributed by atoms with Gasteiger partial charge in [-0.05, 0) is 57.7 Å². The minimum absolute atomic E-state index is 0.0358. The van der Waals surface area contributed by atoms with Crippen LogP contribution in [-0.4, -0.2) is 49.2 Å². The molecule has 0 bridgehead atoms. The largest absolute Gasteiger partial charge is 0.459 e. The number of epoxide rings is 2. The van der Waals surface area contributed by atoms with E-state index in [9.17, 15) is 4.79 Å². The summed E-state index contributed by atoms with van der Waals surface area (Å²) < 4.78 is 24.0. The summed E-state index contributed by atoms with van der Waals surface area (Å²) >= 11 is 0. The van der Waals surface area contributed by atoms with Crippen LogP contribution in [0.3, 0.4) is 0 Å². The van der Waals surface area contributed by atoms with E-state index in [1.54, 1.807) is 19.2 Å². The van der Waals surface area contributed by atoms with Crippen molar-refractivity contribution in [3.8, 4) is 0 Å². The van der Waals surface area contributed by atoms with Gasteiger partial charge in [-0.1, -0.05) is 23.8 Å². The maximum absolute atomic E-state index is 12.6. The second kappa shape index (κ2) is 7.98. The molecule has 6 heteroatoms. The fraction of sp³-hybridized carbons (Fsp3) is 0.625. The number of hydrogen-bond donors (Lipinski definition) is 1. The number of ether oxygens (including phenoxy) is 4. The van der Waals surface area contributed by atoms with E-state index in [4.69, 9.17) is 24.7 Å². The van der Waals surface area contributed by atoms with Crippen molar-refractivity contribution in [2.24, 2.45) is 5.92 Å². The lowest BCUT2D eigenvalue weighted by Gasteiger charge is -2.42. The Morgan fingerprint density at radius 1 is 1.30 bits per heavy atom. The van der Waals surface area contributed by atoms with E-state index in [0.29, 0.717) is 5.69 Å². The third kappa shape index (κ3) is 4.13. The number of esters is 1. The average molecular weight is 416 g/mol. The average Bonchev–Trinajstić information content (AvgIpc) is 3.61. The van der Waals surface area contributed by atoms with Crippen LogP contribution in [0, 0.1) is 5.92 Å². The van der Waals surface area contributed by atoms with Crippen molar-refractivity contribution < 1.29 is 23.7 Å². The van der Waals surface area contributed by atoms with Crippen LogP contribution >= 0.6 is 0 Å². The lowest BCUT2D eigenvalue weighted by molar-refractivity contribution is -0.171. The number of rotatable bonds is 7. The monoisotopic (exact) mass is 415 g/mol. The van der Waals surface area contributed by atoms with Crippen molar-refractivity contribution in [3.05, 3.63) is 41.5 Å². The Balaban J connectivity index is 1.45. The molecule has 3 fully saturated rings. The summed E-state index contributed by atoms with van der Waals surface area (Å²) in [5.41, 5.74) is 8.03. The molecule has 2 saturated heterocycles. The van der Waals surface area contributed by atoms with E-state index >= 15 is 0 Å². The SMILES string of the molecule is COC1C(OC(=O)Cc2ccc(N)cc2)CC[C@]2(CO2)C1C1(C)O[C@@H]1CC=C(C)C. The van der Waals surface area contributed by atoms with Crippen molar-refractivity contribution in [2.75, 3.05) is 19.5 Å². The van der Waals surface area contributed by atoms with Gasteiger partial charge in [-0.15, -0.1) is 0 Å². The number of nitrogens with two attached hydrogens (primary N) is 1. The summed E-state index contributed by atoms with van der Waals surface area (Å²) in [4.78, 5) is 12.6. The summed E-state index contributed by atoms with van der Waals surface area (Å²) in [5.74, 6) is -0.213. The molecular weight excluding hydrogens is 382 g/mol. The summed E-state index contributed by atoms with van der Waals surface area (Å²) in [6.45, 7) is 7.06. The van der Waals surface area contributed by atoms with Crippen molar-refractivity contribution >= 4 is 11.7 Å². The van der Waals surface area contributed by atoms with Crippen LogP contribution in [0.2, 0.25) is 0 Å². The molecule has 2 aliphatic heterocycles. The molecule has 0 amide bonds. The number of anilines is 1. The van der Waals surface area contributed by atoms with Crippen LogP contribution in [-0.2, 0) is 30.2 Å². The molecule has 0 aromatic heterocycles. The molecule has 1 aromatic rings. The molecule has 1 aromatic carbocycles. The lowest BCUT2D eigenvalue weighted by atomic mass is 9.68.